The molecule has 1 aliphatic heterocycles. The number of carbonyl (C=O) groups excluding carboxylic acids is 1. The molecule has 3 aliphatic rings. The maximum absolute atomic E-state index is 12.1. The van der Waals surface area contributed by atoms with E-state index in [0.717, 1.165) is 37.6 Å². The van der Waals surface area contributed by atoms with Crippen LogP contribution in [0, 0.1) is 17.8 Å². The Bertz CT molecular complexity index is 323. The van der Waals surface area contributed by atoms with Crippen molar-refractivity contribution in [1.82, 2.24) is 10.6 Å². The van der Waals surface area contributed by atoms with Gasteiger partial charge in [-0.25, -0.2) is 0 Å². The summed E-state index contributed by atoms with van der Waals surface area (Å²) in [7, 11) is 0. The van der Waals surface area contributed by atoms with E-state index in [-0.39, 0.29) is 12.4 Å². The van der Waals surface area contributed by atoms with Gasteiger partial charge in [-0.2, -0.15) is 0 Å². The van der Waals surface area contributed by atoms with Crippen molar-refractivity contribution in [2.45, 2.75) is 64.0 Å². The fourth-order valence-electron chi connectivity index (χ4n) is 4.41. The Morgan fingerprint density at radius 2 is 2.05 bits per heavy atom. The van der Waals surface area contributed by atoms with Crippen molar-refractivity contribution in [3.63, 3.8) is 0 Å². The van der Waals surface area contributed by atoms with Gasteiger partial charge in [-0.3, -0.25) is 4.79 Å². The summed E-state index contributed by atoms with van der Waals surface area (Å²) >= 11 is 0. The number of hydrogen-bond acceptors (Lipinski definition) is 2. The quantitative estimate of drug-likeness (QED) is 0.837. The summed E-state index contributed by atoms with van der Waals surface area (Å²) in [5, 5.41) is 6.69. The lowest BCUT2D eigenvalue weighted by Crippen LogP contribution is -2.47. The molecule has 5 atom stereocenters. The summed E-state index contributed by atoms with van der Waals surface area (Å²) in [4.78, 5) is 12.1. The molecule has 0 aromatic carbocycles. The minimum Gasteiger partial charge on any atom is -0.353 e. The lowest BCUT2D eigenvalue weighted by atomic mass is 9.86. The van der Waals surface area contributed by atoms with Crippen LogP contribution in [-0.4, -0.2) is 24.5 Å². The van der Waals surface area contributed by atoms with E-state index in [1.165, 1.54) is 25.7 Å². The first kappa shape index (κ1) is 15.1. The number of piperidine rings is 1. The molecule has 2 N–H and O–H groups in total. The molecule has 0 aromatic rings. The molecule has 2 aliphatic carbocycles. The second-order valence-electron chi connectivity index (χ2n) is 6.78. The minimum atomic E-state index is 0. The van der Waals surface area contributed by atoms with E-state index in [1.807, 2.05) is 0 Å². The third kappa shape index (κ3) is 3.63. The molecule has 0 aromatic heterocycles. The number of halogens is 1. The molecule has 2 bridgehead atoms. The monoisotopic (exact) mass is 286 g/mol. The van der Waals surface area contributed by atoms with E-state index in [9.17, 15) is 4.79 Å². The molecule has 4 heteroatoms. The summed E-state index contributed by atoms with van der Waals surface area (Å²) in [5.74, 6) is 2.83. The van der Waals surface area contributed by atoms with Crippen LogP contribution in [0.4, 0.5) is 0 Å². The molecule has 0 radical (unpaired) electrons. The standard InChI is InChI=1S/C15H26N2O.ClH/c1-10-6-14(4-5-16-10)17-15(18)9-13-8-11-2-3-12(13)7-11;/h10-14,16H,2-9H2,1H3,(H,17,18);1H. The Hall–Kier alpha value is -0.280. The van der Waals surface area contributed by atoms with Crippen molar-refractivity contribution >= 4 is 18.3 Å². The number of hydrogen-bond donors (Lipinski definition) is 2. The first-order valence-electron chi connectivity index (χ1n) is 7.73. The summed E-state index contributed by atoms with van der Waals surface area (Å²) in [6, 6.07) is 0.957. The minimum absolute atomic E-state index is 0. The van der Waals surface area contributed by atoms with Gasteiger partial charge in [0.1, 0.15) is 0 Å². The van der Waals surface area contributed by atoms with Gasteiger partial charge < -0.3 is 10.6 Å². The first-order chi connectivity index (χ1) is 8.70. The van der Waals surface area contributed by atoms with Gasteiger partial charge in [0.15, 0.2) is 0 Å². The van der Waals surface area contributed by atoms with Gasteiger partial charge in [0.05, 0.1) is 0 Å². The van der Waals surface area contributed by atoms with Gasteiger partial charge >= 0.3 is 0 Å². The molecule has 110 valence electrons. The number of nitrogens with one attached hydrogen (secondary N) is 2. The highest BCUT2D eigenvalue weighted by Crippen LogP contribution is 2.49. The van der Waals surface area contributed by atoms with Gasteiger partial charge in [-0.1, -0.05) is 6.42 Å². The smallest absolute Gasteiger partial charge is 0.220 e. The highest BCUT2D eigenvalue weighted by molar-refractivity contribution is 5.85. The average Bonchev–Trinajstić information content (AvgIpc) is 2.90. The third-order valence-corrected chi connectivity index (χ3v) is 5.32. The molecule has 19 heavy (non-hydrogen) atoms. The van der Waals surface area contributed by atoms with Crippen LogP contribution in [0.1, 0.15) is 51.9 Å². The van der Waals surface area contributed by atoms with E-state index in [1.54, 1.807) is 0 Å². The van der Waals surface area contributed by atoms with Crippen LogP contribution in [0.2, 0.25) is 0 Å². The Kier molecular flexibility index (Phi) is 5.13. The molecular formula is C15H27ClN2O. The highest BCUT2D eigenvalue weighted by atomic mass is 35.5. The zero-order chi connectivity index (χ0) is 12.5. The van der Waals surface area contributed by atoms with Crippen molar-refractivity contribution in [3.05, 3.63) is 0 Å². The predicted octanol–water partition coefficient (Wildman–Crippen LogP) is 2.49. The Morgan fingerprint density at radius 1 is 1.21 bits per heavy atom. The van der Waals surface area contributed by atoms with Gasteiger partial charge in [0.2, 0.25) is 5.91 Å². The summed E-state index contributed by atoms with van der Waals surface area (Å²) in [6.45, 7) is 3.24. The van der Waals surface area contributed by atoms with Crippen LogP contribution < -0.4 is 10.6 Å². The zero-order valence-corrected chi connectivity index (χ0v) is 12.7. The van der Waals surface area contributed by atoms with E-state index in [4.69, 9.17) is 0 Å². The SMILES string of the molecule is CC1CC(NC(=O)CC2CC3CCC2C3)CCN1.Cl. The van der Waals surface area contributed by atoms with Gasteiger partial charge in [-0.05, 0) is 63.3 Å². The first-order valence-corrected chi connectivity index (χ1v) is 7.73. The summed E-state index contributed by atoms with van der Waals surface area (Å²) in [6.07, 6.45) is 8.50. The van der Waals surface area contributed by atoms with E-state index in [0.29, 0.717) is 23.9 Å². The van der Waals surface area contributed by atoms with Crippen molar-refractivity contribution in [1.29, 1.82) is 0 Å². The van der Waals surface area contributed by atoms with Crippen LogP contribution in [-0.2, 0) is 4.79 Å². The fourth-order valence-corrected chi connectivity index (χ4v) is 4.41. The van der Waals surface area contributed by atoms with Crippen molar-refractivity contribution < 1.29 is 4.79 Å². The number of rotatable bonds is 3. The van der Waals surface area contributed by atoms with Crippen molar-refractivity contribution in [3.8, 4) is 0 Å². The topological polar surface area (TPSA) is 41.1 Å². The Morgan fingerprint density at radius 3 is 2.68 bits per heavy atom. The molecule has 1 amide bonds. The molecule has 2 saturated carbocycles. The van der Waals surface area contributed by atoms with E-state index in [2.05, 4.69) is 17.6 Å². The van der Waals surface area contributed by atoms with Crippen LogP contribution >= 0.6 is 12.4 Å². The molecule has 3 nitrogen and oxygen atoms in total. The molecule has 3 fully saturated rings. The number of amides is 1. The largest absolute Gasteiger partial charge is 0.353 e. The van der Waals surface area contributed by atoms with E-state index < -0.39 is 0 Å². The number of carbonyl (C=O) groups is 1. The summed E-state index contributed by atoms with van der Waals surface area (Å²) in [5.41, 5.74) is 0. The third-order valence-electron chi connectivity index (χ3n) is 5.32. The molecule has 5 unspecified atom stereocenters. The van der Waals surface area contributed by atoms with Crippen molar-refractivity contribution in [2.75, 3.05) is 6.54 Å². The van der Waals surface area contributed by atoms with Crippen LogP contribution in [0.15, 0.2) is 0 Å². The highest BCUT2D eigenvalue weighted by Gasteiger charge is 2.40. The van der Waals surface area contributed by atoms with Gasteiger partial charge in [0, 0.05) is 18.5 Å². The molecule has 3 rings (SSSR count). The molecule has 0 spiro atoms. The predicted molar refractivity (Wildman–Crippen MR) is 79.4 cm³/mol. The van der Waals surface area contributed by atoms with Gasteiger partial charge in [0.25, 0.3) is 0 Å². The molecule has 1 saturated heterocycles. The van der Waals surface area contributed by atoms with Crippen molar-refractivity contribution in [2.24, 2.45) is 17.8 Å². The Balaban J connectivity index is 0.00000133. The maximum Gasteiger partial charge on any atom is 0.220 e. The van der Waals surface area contributed by atoms with Crippen LogP contribution in [0.5, 0.6) is 0 Å². The second-order valence-corrected chi connectivity index (χ2v) is 6.78. The summed E-state index contributed by atoms with van der Waals surface area (Å²) < 4.78 is 0. The lowest BCUT2D eigenvalue weighted by Gasteiger charge is -2.29. The normalized spacial score (nSPS) is 40.8. The van der Waals surface area contributed by atoms with E-state index >= 15 is 0 Å². The zero-order valence-electron chi connectivity index (χ0n) is 11.9. The van der Waals surface area contributed by atoms with Crippen LogP contribution in [0.3, 0.4) is 0 Å². The molecule has 1 heterocycles. The fraction of sp³-hybridized carbons (Fsp3) is 0.933. The van der Waals surface area contributed by atoms with Gasteiger partial charge in [-0.15, -0.1) is 12.4 Å². The lowest BCUT2D eigenvalue weighted by molar-refractivity contribution is -0.123. The Labute approximate surface area is 122 Å². The number of fused-ring (bicyclic) bond motifs is 2. The maximum atomic E-state index is 12.1. The second kappa shape index (κ2) is 6.45. The van der Waals surface area contributed by atoms with Crippen LogP contribution in [0.25, 0.3) is 0 Å². The average molecular weight is 287 g/mol. The molecular weight excluding hydrogens is 260 g/mol.